The van der Waals surface area contributed by atoms with E-state index in [1.54, 1.807) is 6.92 Å². The fourth-order valence-electron chi connectivity index (χ4n) is 2.12. The molecule has 1 aromatic rings. The summed E-state index contributed by atoms with van der Waals surface area (Å²) in [5.74, 6) is -1.32. The lowest BCUT2D eigenvalue weighted by Gasteiger charge is -2.11. The van der Waals surface area contributed by atoms with Crippen LogP contribution in [-0.2, 0) is 22.4 Å². The number of ether oxygens (including phenoxy) is 1. The highest BCUT2D eigenvalue weighted by atomic mass is 16.5. The van der Waals surface area contributed by atoms with Crippen molar-refractivity contribution in [1.29, 1.82) is 0 Å². The molecule has 86 valence electrons. The van der Waals surface area contributed by atoms with Crippen molar-refractivity contribution in [1.82, 2.24) is 4.98 Å². The molecule has 0 fully saturated rings. The minimum Gasteiger partial charge on any atom is -0.460 e. The van der Waals surface area contributed by atoms with Gasteiger partial charge in [0.25, 0.3) is 5.78 Å². The van der Waals surface area contributed by atoms with Crippen molar-refractivity contribution in [3.05, 3.63) is 23.0 Å². The van der Waals surface area contributed by atoms with E-state index >= 15 is 0 Å². The van der Waals surface area contributed by atoms with E-state index in [1.165, 1.54) is 5.56 Å². The molecule has 0 unspecified atom stereocenters. The molecule has 1 aliphatic rings. The van der Waals surface area contributed by atoms with E-state index < -0.39 is 11.8 Å². The standard InChI is InChI=1S/C12H15NO3/c1-2-16-12(15)11(14)10-9-6-4-3-5-8(9)7-13-10/h7,13H,2-6H2,1H3. The molecule has 1 N–H and O–H groups in total. The quantitative estimate of drug-likeness (QED) is 0.479. The molecule has 1 aliphatic carbocycles. The van der Waals surface area contributed by atoms with Gasteiger partial charge in [-0.05, 0) is 43.7 Å². The largest absolute Gasteiger partial charge is 0.460 e. The number of carbonyl (C=O) groups excluding carboxylic acids is 2. The molecule has 0 bridgehead atoms. The van der Waals surface area contributed by atoms with Crippen molar-refractivity contribution in [2.24, 2.45) is 0 Å². The number of aromatic amines is 1. The Bertz CT molecular complexity index is 420. The topological polar surface area (TPSA) is 59.2 Å². The molecule has 16 heavy (non-hydrogen) atoms. The number of hydrogen-bond acceptors (Lipinski definition) is 3. The number of ketones is 1. The Kier molecular flexibility index (Phi) is 3.08. The third-order valence-electron chi connectivity index (χ3n) is 2.89. The van der Waals surface area contributed by atoms with Gasteiger partial charge in [-0.15, -0.1) is 0 Å². The summed E-state index contributed by atoms with van der Waals surface area (Å²) in [6.45, 7) is 1.92. The molecule has 2 rings (SSSR count). The molecule has 0 aromatic carbocycles. The first-order valence-electron chi connectivity index (χ1n) is 5.64. The second-order valence-electron chi connectivity index (χ2n) is 3.92. The van der Waals surface area contributed by atoms with Crippen LogP contribution in [0.15, 0.2) is 6.20 Å². The summed E-state index contributed by atoms with van der Waals surface area (Å²) >= 11 is 0. The van der Waals surface area contributed by atoms with Gasteiger partial charge in [0, 0.05) is 6.20 Å². The number of esters is 1. The lowest BCUT2D eigenvalue weighted by molar-refractivity contribution is -0.137. The number of Topliss-reactive ketones (excluding diaryl/α,β-unsaturated/α-hetero) is 1. The molecule has 0 radical (unpaired) electrons. The molecule has 0 saturated carbocycles. The van der Waals surface area contributed by atoms with Crippen LogP contribution in [0, 0.1) is 0 Å². The third kappa shape index (κ3) is 1.87. The van der Waals surface area contributed by atoms with Crippen LogP contribution in [-0.4, -0.2) is 23.3 Å². The van der Waals surface area contributed by atoms with Gasteiger partial charge in [-0.1, -0.05) is 0 Å². The van der Waals surface area contributed by atoms with Crippen LogP contribution in [0.2, 0.25) is 0 Å². The van der Waals surface area contributed by atoms with Gasteiger partial charge in [0.15, 0.2) is 0 Å². The average Bonchev–Trinajstić information content (AvgIpc) is 2.72. The molecule has 0 aliphatic heterocycles. The fraction of sp³-hybridized carbons (Fsp3) is 0.500. The number of H-pyrrole nitrogens is 1. The van der Waals surface area contributed by atoms with Gasteiger partial charge >= 0.3 is 5.97 Å². The summed E-state index contributed by atoms with van der Waals surface area (Å²) in [7, 11) is 0. The Morgan fingerprint density at radius 2 is 2.12 bits per heavy atom. The van der Waals surface area contributed by atoms with E-state index in [4.69, 9.17) is 4.74 Å². The first-order chi connectivity index (χ1) is 7.74. The SMILES string of the molecule is CCOC(=O)C(=O)c1[nH]cc2c1CCCC2. The van der Waals surface area contributed by atoms with Crippen molar-refractivity contribution in [3.8, 4) is 0 Å². The minimum absolute atomic E-state index is 0.230. The Hall–Kier alpha value is -1.58. The molecule has 0 saturated heterocycles. The number of rotatable bonds is 3. The number of aromatic nitrogens is 1. The predicted molar refractivity (Wildman–Crippen MR) is 58.4 cm³/mol. The van der Waals surface area contributed by atoms with Crippen LogP contribution >= 0.6 is 0 Å². The van der Waals surface area contributed by atoms with Crippen LogP contribution in [0.3, 0.4) is 0 Å². The smallest absolute Gasteiger partial charge is 0.381 e. The van der Waals surface area contributed by atoms with Crippen molar-refractivity contribution < 1.29 is 14.3 Å². The summed E-state index contributed by atoms with van der Waals surface area (Å²) in [5, 5.41) is 0. The van der Waals surface area contributed by atoms with Gasteiger partial charge in [-0.3, -0.25) is 4.79 Å². The van der Waals surface area contributed by atoms with E-state index in [0.717, 1.165) is 31.2 Å². The van der Waals surface area contributed by atoms with Crippen molar-refractivity contribution >= 4 is 11.8 Å². The summed E-state index contributed by atoms with van der Waals surface area (Å²) < 4.78 is 4.71. The molecular weight excluding hydrogens is 206 g/mol. The first kappa shape index (κ1) is 10.9. The highest BCUT2D eigenvalue weighted by Gasteiger charge is 2.25. The molecule has 4 heteroatoms. The molecule has 0 atom stereocenters. The Morgan fingerprint density at radius 3 is 2.88 bits per heavy atom. The van der Waals surface area contributed by atoms with Crippen molar-refractivity contribution in [2.75, 3.05) is 6.61 Å². The maximum absolute atomic E-state index is 11.8. The molecule has 1 aromatic heterocycles. The maximum atomic E-state index is 11.8. The van der Waals surface area contributed by atoms with E-state index in [9.17, 15) is 9.59 Å². The van der Waals surface area contributed by atoms with Gasteiger partial charge in [0.2, 0.25) is 0 Å². The minimum atomic E-state index is -0.766. The lowest BCUT2D eigenvalue weighted by atomic mass is 9.93. The third-order valence-corrected chi connectivity index (χ3v) is 2.89. The normalized spacial score (nSPS) is 14.3. The van der Waals surface area contributed by atoms with Gasteiger partial charge in [0.1, 0.15) is 0 Å². The number of aryl methyl sites for hydroxylation is 1. The number of carbonyl (C=O) groups is 2. The lowest BCUT2D eigenvalue weighted by Crippen LogP contribution is -2.19. The monoisotopic (exact) mass is 221 g/mol. The van der Waals surface area contributed by atoms with E-state index in [1.807, 2.05) is 6.20 Å². The number of nitrogens with one attached hydrogen (secondary N) is 1. The maximum Gasteiger partial charge on any atom is 0.381 e. The Labute approximate surface area is 94.0 Å². The van der Waals surface area contributed by atoms with Crippen LogP contribution in [0.25, 0.3) is 0 Å². The second-order valence-corrected chi connectivity index (χ2v) is 3.92. The zero-order chi connectivity index (χ0) is 11.5. The summed E-state index contributed by atoms with van der Waals surface area (Å²) in [6, 6.07) is 0. The summed E-state index contributed by atoms with van der Waals surface area (Å²) in [4.78, 5) is 26.0. The van der Waals surface area contributed by atoms with E-state index in [2.05, 4.69) is 4.98 Å². The first-order valence-corrected chi connectivity index (χ1v) is 5.64. The molecule has 0 spiro atoms. The van der Waals surface area contributed by atoms with Crippen molar-refractivity contribution in [2.45, 2.75) is 32.6 Å². The zero-order valence-electron chi connectivity index (χ0n) is 9.34. The number of fused-ring (bicyclic) bond motifs is 1. The summed E-state index contributed by atoms with van der Waals surface area (Å²) in [6.07, 6.45) is 5.92. The zero-order valence-corrected chi connectivity index (χ0v) is 9.34. The van der Waals surface area contributed by atoms with Crippen molar-refractivity contribution in [3.63, 3.8) is 0 Å². The molecule has 0 amide bonds. The van der Waals surface area contributed by atoms with Crippen LogP contribution in [0.1, 0.15) is 41.4 Å². The van der Waals surface area contributed by atoms with Crippen LogP contribution in [0.4, 0.5) is 0 Å². The highest BCUT2D eigenvalue weighted by molar-refractivity contribution is 6.40. The van der Waals surface area contributed by atoms with Gasteiger partial charge < -0.3 is 9.72 Å². The Balaban J connectivity index is 2.23. The molecular formula is C12H15NO3. The van der Waals surface area contributed by atoms with Gasteiger partial charge in [0.05, 0.1) is 12.3 Å². The van der Waals surface area contributed by atoms with Crippen LogP contribution in [0.5, 0.6) is 0 Å². The van der Waals surface area contributed by atoms with E-state index in [-0.39, 0.29) is 6.61 Å². The van der Waals surface area contributed by atoms with Gasteiger partial charge in [-0.25, -0.2) is 4.79 Å². The van der Waals surface area contributed by atoms with Crippen LogP contribution < -0.4 is 0 Å². The average molecular weight is 221 g/mol. The van der Waals surface area contributed by atoms with Gasteiger partial charge in [-0.2, -0.15) is 0 Å². The second kappa shape index (κ2) is 4.51. The number of hydrogen-bond donors (Lipinski definition) is 1. The predicted octanol–water partition coefficient (Wildman–Crippen LogP) is 1.64. The molecule has 1 heterocycles. The Morgan fingerprint density at radius 1 is 1.38 bits per heavy atom. The molecule has 4 nitrogen and oxygen atoms in total. The van der Waals surface area contributed by atoms with E-state index in [0.29, 0.717) is 5.69 Å². The fourth-order valence-corrected chi connectivity index (χ4v) is 2.12. The highest BCUT2D eigenvalue weighted by Crippen LogP contribution is 2.24. The summed E-state index contributed by atoms with van der Waals surface area (Å²) in [5.41, 5.74) is 2.59.